The van der Waals surface area contributed by atoms with Crippen molar-refractivity contribution in [2.45, 2.75) is 39.0 Å². The van der Waals surface area contributed by atoms with Crippen LogP contribution in [0.15, 0.2) is 11.4 Å². The molecule has 1 amide bonds. The maximum absolute atomic E-state index is 12.1. The Morgan fingerprint density at radius 2 is 2.14 bits per heavy atom. The van der Waals surface area contributed by atoms with Gasteiger partial charge in [0, 0.05) is 17.7 Å². The molecular formula is C15H19NO4S. The van der Waals surface area contributed by atoms with Gasteiger partial charge in [-0.05, 0) is 31.2 Å². The van der Waals surface area contributed by atoms with Crippen LogP contribution in [-0.2, 0) is 25.5 Å². The number of esters is 1. The highest BCUT2D eigenvalue weighted by Gasteiger charge is 2.25. The smallest absolute Gasteiger partial charge is 0.306 e. The summed E-state index contributed by atoms with van der Waals surface area (Å²) in [5, 5.41) is 1.94. The minimum atomic E-state index is -0.371. The van der Waals surface area contributed by atoms with Crippen LogP contribution < -0.4 is 4.90 Å². The molecule has 0 N–H and O–H groups in total. The fraction of sp³-hybridized carbons (Fsp3) is 0.533. The summed E-state index contributed by atoms with van der Waals surface area (Å²) < 4.78 is 4.80. The van der Waals surface area contributed by atoms with Gasteiger partial charge in [0.1, 0.15) is 0 Å². The van der Waals surface area contributed by atoms with E-state index in [2.05, 4.69) is 0 Å². The summed E-state index contributed by atoms with van der Waals surface area (Å²) in [4.78, 5) is 38.1. The van der Waals surface area contributed by atoms with E-state index in [1.165, 1.54) is 0 Å². The number of hydrogen-bond acceptors (Lipinski definition) is 5. The Hall–Kier alpha value is -1.69. The molecule has 0 saturated heterocycles. The van der Waals surface area contributed by atoms with Crippen molar-refractivity contribution < 1.29 is 19.1 Å². The molecule has 0 atom stereocenters. The molecule has 2 heterocycles. The van der Waals surface area contributed by atoms with E-state index >= 15 is 0 Å². The van der Waals surface area contributed by atoms with E-state index < -0.39 is 0 Å². The number of amides is 1. The number of rotatable bonds is 6. The number of nitrogens with zero attached hydrogens (tertiary/aromatic N) is 1. The number of thiophene rings is 1. The van der Waals surface area contributed by atoms with Crippen LogP contribution in [0.25, 0.3) is 0 Å². The highest BCUT2D eigenvalue weighted by atomic mass is 32.1. The van der Waals surface area contributed by atoms with Gasteiger partial charge in [0.25, 0.3) is 0 Å². The zero-order chi connectivity index (χ0) is 15.2. The van der Waals surface area contributed by atoms with E-state index in [1.807, 2.05) is 11.4 Å². The molecule has 6 heteroatoms. The first-order valence-corrected chi connectivity index (χ1v) is 8.03. The van der Waals surface area contributed by atoms with Crippen molar-refractivity contribution >= 4 is 34.7 Å². The number of carbonyl (C=O) groups is 3. The zero-order valence-electron chi connectivity index (χ0n) is 12.1. The molecule has 1 aromatic heterocycles. The molecule has 21 heavy (non-hydrogen) atoms. The van der Waals surface area contributed by atoms with Crippen molar-refractivity contribution in [2.75, 3.05) is 18.1 Å². The van der Waals surface area contributed by atoms with Gasteiger partial charge in [-0.15, -0.1) is 11.3 Å². The van der Waals surface area contributed by atoms with Gasteiger partial charge in [-0.1, -0.05) is 0 Å². The Labute approximate surface area is 127 Å². The molecule has 0 saturated carbocycles. The summed E-state index contributed by atoms with van der Waals surface area (Å²) >= 11 is 1.62. The molecule has 1 aromatic rings. The molecule has 0 spiro atoms. The largest absolute Gasteiger partial charge is 0.466 e. The molecule has 1 aliphatic heterocycles. The van der Waals surface area contributed by atoms with Crippen LogP contribution in [0.2, 0.25) is 0 Å². The SMILES string of the molecule is CCOC(=O)CCC(=O)CN1C(=O)CCCc2sccc21. The summed E-state index contributed by atoms with van der Waals surface area (Å²) in [7, 11) is 0. The Balaban J connectivity index is 1.96. The van der Waals surface area contributed by atoms with E-state index in [4.69, 9.17) is 4.74 Å². The highest BCUT2D eigenvalue weighted by molar-refractivity contribution is 7.10. The number of anilines is 1. The lowest BCUT2D eigenvalue weighted by atomic mass is 10.2. The van der Waals surface area contributed by atoms with E-state index in [9.17, 15) is 14.4 Å². The third kappa shape index (κ3) is 4.14. The van der Waals surface area contributed by atoms with Gasteiger partial charge in [0.15, 0.2) is 5.78 Å². The zero-order valence-corrected chi connectivity index (χ0v) is 12.9. The van der Waals surface area contributed by atoms with Gasteiger partial charge < -0.3 is 9.64 Å². The maximum atomic E-state index is 12.1. The number of carbonyl (C=O) groups excluding carboxylic acids is 3. The lowest BCUT2D eigenvalue weighted by Gasteiger charge is -2.20. The van der Waals surface area contributed by atoms with Gasteiger partial charge in [-0.3, -0.25) is 14.4 Å². The van der Waals surface area contributed by atoms with E-state index in [1.54, 1.807) is 23.2 Å². The first-order valence-electron chi connectivity index (χ1n) is 7.16. The predicted molar refractivity (Wildman–Crippen MR) is 80.5 cm³/mol. The van der Waals surface area contributed by atoms with E-state index in [0.29, 0.717) is 13.0 Å². The predicted octanol–water partition coefficient (Wildman–Crippen LogP) is 2.33. The molecule has 114 valence electrons. The molecule has 0 radical (unpaired) electrons. The standard InChI is InChI=1S/C15H19NO4S/c1-2-20-15(19)7-6-11(17)10-16-12-8-9-21-13(12)4-3-5-14(16)18/h8-9H,2-7,10H2,1H3. The van der Waals surface area contributed by atoms with Gasteiger partial charge in [0.05, 0.1) is 25.3 Å². The second kappa shape index (κ2) is 7.36. The average molecular weight is 309 g/mol. The van der Waals surface area contributed by atoms with Crippen molar-refractivity contribution in [3.63, 3.8) is 0 Å². The summed E-state index contributed by atoms with van der Waals surface area (Å²) in [6.45, 7) is 2.09. The molecule has 2 rings (SSSR count). The third-order valence-electron chi connectivity index (χ3n) is 3.36. The number of fused-ring (bicyclic) bond motifs is 1. The van der Waals surface area contributed by atoms with Crippen molar-refractivity contribution in [1.29, 1.82) is 0 Å². The van der Waals surface area contributed by atoms with Crippen LogP contribution in [0.3, 0.4) is 0 Å². The monoisotopic (exact) mass is 309 g/mol. The number of Topliss-reactive ketones (excluding diaryl/α,β-unsaturated/α-hetero) is 1. The first-order chi connectivity index (χ1) is 10.1. The Kier molecular flexibility index (Phi) is 5.50. The van der Waals surface area contributed by atoms with Crippen molar-refractivity contribution in [2.24, 2.45) is 0 Å². The maximum Gasteiger partial charge on any atom is 0.306 e. The molecule has 0 unspecified atom stereocenters. The second-order valence-corrected chi connectivity index (χ2v) is 5.91. The van der Waals surface area contributed by atoms with Crippen molar-refractivity contribution in [3.05, 3.63) is 16.3 Å². The second-order valence-electron chi connectivity index (χ2n) is 4.91. The van der Waals surface area contributed by atoms with Crippen LogP contribution in [0.5, 0.6) is 0 Å². The van der Waals surface area contributed by atoms with Crippen LogP contribution in [0, 0.1) is 0 Å². The van der Waals surface area contributed by atoms with Crippen LogP contribution in [0.4, 0.5) is 5.69 Å². The Morgan fingerprint density at radius 3 is 2.90 bits per heavy atom. The lowest BCUT2D eigenvalue weighted by molar-refractivity contribution is -0.144. The molecule has 1 aliphatic rings. The fourth-order valence-electron chi connectivity index (χ4n) is 2.33. The molecule has 0 aliphatic carbocycles. The Morgan fingerprint density at radius 1 is 1.33 bits per heavy atom. The molecule has 0 fully saturated rings. The average Bonchev–Trinajstić information content (AvgIpc) is 2.85. The van der Waals surface area contributed by atoms with Crippen LogP contribution >= 0.6 is 11.3 Å². The number of aryl methyl sites for hydroxylation is 1. The van der Waals surface area contributed by atoms with E-state index in [0.717, 1.165) is 23.4 Å². The minimum absolute atomic E-state index is 0.0170. The minimum Gasteiger partial charge on any atom is -0.466 e. The van der Waals surface area contributed by atoms with Crippen molar-refractivity contribution in [3.8, 4) is 0 Å². The van der Waals surface area contributed by atoms with Gasteiger partial charge in [0.2, 0.25) is 5.91 Å². The number of ether oxygens (including phenoxy) is 1. The normalized spacial score (nSPS) is 14.5. The van der Waals surface area contributed by atoms with Crippen LogP contribution in [-0.4, -0.2) is 30.8 Å². The third-order valence-corrected chi connectivity index (χ3v) is 4.33. The highest BCUT2D eigenvalue weighted by Crippen LogP contribution is 2.31. The van der Waals surface area contributed by atoms with Gasteiger partial charge in [-0.25, -0.2) is 0 Å². The molecule has 0 bridgehead atoms. The molecular weight excluding hydrogens is 290 g/mol. The van der Waals surface area contributed by atoms with E-state index in [-0.39, 0.29) is 37.0 Å². The molecule has 5 nitrogen and oxygen atoms in total. The summed E-state index contributed by atoms with van der Waals surface area (Å²) in [5.41, 5.74) is 0.854. The molecule has 0 aromatic carbocycles. The Bertz CT molecular complexity index is 538. The number of ketones is 1. The quantitative estimate of drug-likeness (QED) is 0.757. The summed E-state index contributed by atoms with van der Waals surface area (Å²) in [6.07, 6.45) is 2.35. The fourth-order valence-corrected chi connectivity index (χ4v) is 3.26. The number of hydrogen-bond donors (Lipinski definition) is 0. The van der Waals surface area contributed by atoms with Gasteiger partial charge in [-0.2, -0.15) is 0 Å². The van der Waals surface area contributed by atoms with Crippen LogP contribution in [0.1, 0.15) is 37.5 Å². The topological polar surface area (TPSA) is 63.7 Å². The summed E-state index contributed by atoms with van der Waals surface area (Å²) in [6, 6.07) is 1.89. The summed E-state index contributed by atoms with van der Waals surface area (Å²) in [5.74, 6) is -0.503. The van der Waals surface area contributed by atoms with Crippen molar-refractivity contribution in [1.82, 2.24) is 0 Å². The first kappa shape index (κ1) is 15.7. The van der Waals surface area contributed by atoms with Gasteiger partial charge >= 0.3 is 5.97 Å². The lowest BCUT2D eigenvalue weighted by Crippen LogP contribution is -2.35.